The molecule has 0 radical (unpaired) electrons. The van der Waals surface area contributed by atoms with Gasteiger partial charge < -0.3 is 20.1 Å². The van der Waals surface area contributed by atoms with Gasteiger partial charge in [0.2, 0.25) is 5.91 Å². The van der Waals surface area contributed by atoms with E-state index in [2.05, 4.69) is 5.32 Å². The standard InChI is InChI=1S/C20H28N2O5/c1-13-11-22(12-14(2)27-13)19(26)15-5-7-16(8-6-15)21-17(23)9-20(3,4)10-18(24)25/h5-8,13-14H,9-12H2,1-4H3,(H,21,23)(H,24,25). The number of hydrogen-bond acceptors (Lipinski definition) is 4. The summed E-state index contributed by atoms with van der Waals surface area (Å²) in [7, 11) is 0. The van der Waals surface area contributed by atoms with Gasteiger partial charge in [0.25, 0.3) is 5.91 Å². The average Bonchev–Trinajstić information content (AvgIpc) is 2.52. The number of hydrogen-bond donors (Lipinski definition) is 2. The van der Waals surface area contributed by atoms with Gasteiger partial charge in [-0.15, -0.1) is 0 Å². The number of nitrogens with one attached hydrogen (secondary N) is 1. The molecule has 0 bridgehead atoms. The Kier molecular flexibility index (Phi) is 6.59. The maximum absolute atomic E-state index is 12.6. The monoisotopic (exact) mass is 376 g/mol. The molecule has 7 nitrogen and oxygen atoms in total. The molecule has 1 heterocycles. The van der Waals surface area contributed by atoms with Crippen LogP contribution < -0.4 is 5.32 Å². The summed E-state index contributed by atoms with van der Waals surface area (Å²) in [4.78, 5) is 37.4. The highest BCUT2D eigenvalue weighted by Gasteiger charge is 2.27. The van der Waals surface area contributed by atoms with Gasteiger partial charge >= 0.3 is 5.97 Å². The first kappa shape index (κ1) is 20.9. The first-order valence-corrected chi connectivity index (χ1v) is 9.12. The molecule has 2 atom stereocenters. The Bertz CT molecular complexity index is 689. The van der Waals surface area contributed by atoms with Crippen molar-refractivity contribution >= 4 is 23.5 Å². The Hall–Kier alpha value is -2.41. The Morgan fingerprint density at radius 2 is 1.67 bits per heavy atom. The lowest BCUT2D eigenvalue weighted by atomic mass is 9.85. The number of aliphatic carboxylic acids is 1. The molecule has 1 fully saturated rings. The van der Waals surface area contributed by atoms with E-state index in [0.29, 0.717) is 24.3 Å². The number of carbonyl (C=O) groups excluding carboxylic acids is 2. The molecule has 2 unspecified atom stereocenters. The van der Waals surface area contributed by atoms with Crippen LogP contribution in [0.25, 0.3) is 0 Å². The number of benzene rings is 1. The number of nitrogens with zero attached hydrogens (tertiary/aromatic N) is 1. The number of ether oxygens (including phenoxy) is 1. The van der Waals surface area contributed by atoms with Crippen molar-refractivity contribution in [2.75, 3.05) is 18.4 Å². The van der Waals surface area contributed by atoms with E-state index in [1.54, 1.807) is 43.0 Å². The van der Waals surface area contributed by atoms with Crippen LogP contribution in [0.15, 0.2) is 24.3 Å². The second-order valence-electron chi connectivity index (χ2n) is 8.00. The number of carbonyl (C=O) groups is 3. The van der Waals surface area contributed by atoms with E-state index in [1.807, 2.05) is 13.8 Å². The maximum Gasteiger partial charge on any atom is 0.303 e. The summed E-state index contributed by atoms with van der Waals surface area (Å²) in [6.45, 7) is 8.49. The van der Waals surface area contributed by atoms with Crippen LogP contribution in [0, 0.1) is 5.41 Å². The van der Waals surface area contributed by atoms with E-state index in [9.17, 15) is 14.4 Å². The highest BCUT2D eigenvalue weighted by molar-refractivity contribution is 5.96. The predicted octanol–water partition coefficient (Wildman–Crippen LogP) is 2.77. The van der Waals surface area contributed by atoms with E-state index < -0.39 is 11.4 Å². The lowest BCUT2D eigenvalue weighted by molar-refractivity contribution is -0.139. The third kappa shape index (κ3) is 6.36. The summed E-state index contributed by atoms with van der Waals surface area (Å²) in [5.41, 5.74) is 0.502. The van der Waals surface area contributed by atoms with E-state index in [1.165, 1.54) is 0 Å². The van der Waals surface area contributed by atoms with Crippen molar-refractivity contribution in [3.8, 4) is 0 Å². The molecule has 148 valence electrons. The number of carboxylic acids is 1. The minimum atomic E-state index is -0.928. The van der Waals surface area contributed by atoms with Gasteiger partial charge in [0, 0.05) is 30.8 Å². The van der Waals surface area contributed by atoms with Crippen LogP contribution in [-0.2, 0) is 14.3 Å². The third-order valence-electron chi connectivity index (χ3n) is 4.39. The van der Waals surface area contributed by atoms with Gasteiger partial charge in [-0.25, -0.2) is 0 Å². The maximum atomic E-state index is 12.6. The quantitative estimate of drug-likeness (QED) is 0.796. The Morgan fingerprint density at radius 3 is 2.19 bits per heavy atom. The van der Waals surface area contributed by atoms with Gasteiger partial charge in [-0.1, -0.05) is 13.8 Å². The second-order valence-corrected chi connectivity index (χ2v) is 8.00. The van der Waals surface area contributed by atoms with Crippen molar-refractivity contribution in [2.24, 2.45) is 5.41 Å². The summed E-state index contributed by atoms with van der Waals surface area (Å²) in [6.07, 6.45) is 0.0317. The fourth-order valence-electron chi connectivity index (χ4n) is 3.33. The summed E-state index contributed by atoms with van der Waals surface area (Å²) < 4.78 is 5.65. The molecule has 1 saturated heterocycles. The van der Waals surface area contributed by atoms with E-state index in [-0.39, 0.29) is 36.9 Å². The van der Waals surface area contributed by atoms with E-state index in [0.717, 1.165) is 0 Å². The molecule has 1 aromatic carbocycles. The molecular weight excluding hydrogens is 348 g/mol. The minimum Gasteiger partial charge on any atom is -0.481 e. The van der Waals surface area contributed by atoms with Gasteiger partial charge in [0.05, 0.1) is 18.6 Å². The van der Waals surface area contributed by atoms with Crippen LogP contribution in [0.4, 0.5) is 5.69 Å². The summed E-state index contributed by atoms with van der Waals surface area (Å²) in [5.74, 6) is -1.24. The van der Waals surface area contributed by atoms with Crippen molar-refractivity contribution < 1.29 is 24.2 Å². The fraction of sp³-hybridized carbons (Fsp3) is 0.550. The molecule has 2 rings (SSSR count). The van der Waals surface area contributed by atoms with Crippen molar-refractivity contribution in [3.05, 3.63) is 29.8 Å². The van der Waals surface area contributed by atoms with Crippen LogP contribution >= 0.6 is 0 Å². The number of morpholine rings is 1. The molecule has 0 aliphatic carbocycles. The zero-order valence-electron chi connectivity index (χ0n) is 16.3. The predicted molar refractivity (Wildman–Crippen MR) is 102 cm³/mol. The highest BCUT2D eigenvalue weighted by atomic mass is 16.5. The Morgan fingerprint density at radius 1 is 1.11 bits per heavy atom. The van der Waals surface area contributed by atoms with Crippen LogP contribution in [0.2, 0.25) is 0 Å². The Labute approximate surface area is 159 Å². The Balaban J connectivity index is 1.95. The first-order valence-electron chi connectivity index (χ1n) is 9.12. The van der Waals surface area contributed by atoms with Crippen molar-refractivity contribution in [2.45, 2.75) is 52.7 Å². The molecule has 2 N–H and O–H groups in total. The van der Waals surface area contributed by atoms with Crippen LogP contribution in [0.1, 0.15) is 50.9 Å². The summed E-state index contributed by atoms with van der Waals surface area (Å²) in [5, 5.41) is 11.7. The molecule has 1 aromatic rings. The lowest BCUT2D eigenvalue weighted by Crippen LogP contribution is -2.48. The molecule has 0 aromatic heterocycles. The number of carboxylic acid groups (broad SMARTS) is 1. The van der Waals surface area contributed by atoms with E-state index >= 15 is 0 Å². The van der Waals surface area contributed by atoms with Crippen LogP contribution in [0.5, 0.6) is 0 Å². The van der Waals surface area contributed by atoms with Gasteiger partial charge in [-0.05, 0) is 43.5 Å². The van der Waals surface area contributed by atoms with Crippen LogP contribution in [-0.4, -0.2) is 53.1 Å². The normalized spacial score (nSPS) is 20.2. The lowest BCUT2D eigenvalue weighted by Gasteiger charge is -2.35. The zero-order valence-corrected chi connectivity index (χ0v) is 16.3. The SMILES string of the molecule is CC1CN(C(=O)c2ccc(NC(=O)CC(C)(C)CC(=O)O)cc2)CC(C)O1. The molecule has 27 heavy (non-hydrogen) atoms. The number of anilines is 1. The highest BCUT2D eigenvalue weighted by Crippen LogP contribution is 2.25. The molecule has 7 heteroatoms. The molecule has 0 saturated carbocycles. The summed E-state index contributed by atoms with van der Waals surface area (Å²) >= 11 is 0. The smallest absolute Gasteiger partial charge is 0.303 e. The average molecular weight is 376 g/mol. The molecule has 0 spiro atoms. The molecule has 2 amide bonds. The summed E-state index contributed by atoms with van der Waals surface area (Å²) in [6, 6.07) is 6.74. The van der Waals surface area contributed by atoms with Crippen molar-refractivity contribution in [1.82, 2.24) is 4.90 Å². The van der Waals surface area contributed by atoms with Gasteiger partial charge in [0.15, 0.2) is 0 Å². The van der Waals surface area contributed by atoms with Gasteiger partial charge in [-0.2, -0.15) is 0 Å². The topological polar surface area (TPSA) is 95.9 Å². The first-order chi connectivity index (χ1) is 12.6. The van der Waals surface area contributed by atoms with Crippen molar-refractivity contribution in [3.63, 3.8) is 0 Å². The molecule has 1 aliphatic rings. The third-order valence-corrected chi connectivity index (χ3v) is 4.39. The number of amides is 2. The zero-order chi connectivity index (χ0) is 20.2. The fourth-order valence-corrected chi connectivity index (χ4v) is 3.33. The van der Waals surface area contributed by atoms with E-state index in [4.69, 9.17) is 9.84 Å². The van der Waals surface area contributed by atoms with Gasteiger partial charge in [-0.3, -0.25) is 14.4 Å². The van der Waals surface area contributed by atoms with Gasteiger partial charge in [0.1, 0.15) is 0 Å². The van der Waals surface area contributed by atoms with Crippen molar-refractivity contribution in [1.29, 1.82) is 0 Å². The van der Waals surface area contributed by atoms with Crippen LogP contribution in [0.3, 0.4) is 0 Å². The largest absolute Gasteiger partial charge is 0.481 e. The minimum absolute atomic E-state index is 0.00502. The molecule has 1 aliphatic heterocycles. The number of rotatable bonds is 6. The molecular formula is C20H28N2O5. The second kappa shape index (κ2) is 8.52.